The average Bonchev–Trinajstić information content (AvgIpc) is 3.10. The van der Waals surface area contributed by atoms with Crippen molar-refractivity contribution >= 4 is 17.5 Å². The van der Waals surface area contributed by atoms with Gasteiger partial charge in [-0.3, -0.25) is 9.48 Å². The topological polar surface area (TPSA) is 64.2 Å². The van der Waals surface area contributed by atoms with Gasteiger partial charge in [0.2, 0.25) is 5.91 Å². The third-order valence-corrected chi connectivity index (χ3v) is 4.97. The van der Waals surface area contributed by atoms with E-state index >= 15 is 0 Å². The van der Waals surface area contributed by atoms with Crippen molar-refractivity contribution in [2.24, 2.45) is 5.73 Å². The quantitative estimate of drug-likeness (QED) is 0.627. The van der Waals surface area contributed by atoms with E-state index in [0.717, 1.165) is 27.4 Å². The molecular weight excluding hydrogens is 372 g/mol. The van der Waals surface area contributed by atoms with E-state index in [0.29, 0.717) is 32.5 Å². The molecule has 0 spiro atoms. The lowest BCUT2D eigenvalue weighted by atomic mass is 10.1. The summed E-state index contributed by atoms with van der Waals surface area (Å²) >= 11 is 6.31. The van der Waals surface area contributed by atoms with Crippen molar-refractivity contribution in [2.45, 2.75) is 25.9 Å². The van der Waals surface area contributed by atoms with Crippen LogP contribution in [0.1, 0.15) is 24.0 Å². The Hall–Kier alpha value is -2.63. The maximum Gasteiger partial charge on any atom is 0.222 e. The monoisotopic (exact) mass is 396 g/mol. The fourth-order valence-electron chi connectivity index (χ4n) is 3.09. The molecule has 3 rings (SSSR count). The molecule has 0 saturated carbocycles. The van der Waals surface area contributed by atoms with Crippen LogP contribution >= 0.6 is 11.6 Å². The van der Waals surface area contributed by atoms with Crippen LogP contribution in [0.25, 0.3) is 11.3 Å². The Balaban J connectivity index is 1.88. The molecule has 0 fully saturated rings. The SMILES string of the molecule is CN(Cc1cn(Cc2ccccc2Cl)nc1-c1ccccc1)C(=O)CCCN. The molecule has 1 aromatic heterocycles. The molecule has 5 nitrogen and oxygen atoms in total. The van der Waals surface area contributed by atoms with Crippen LogP contribution in [0.15, 0.2) is 60.8 Å². The summed E-state index contributed by atoms with van der Waals surface area (Å²) < 4.78 is 1.89. The van der Waals surface area contributed by atoms with Crippen LogP contribution in [0, 0.1) is 0 Å². The molecular formula is C22H25ClN4O. The molecule has 0 bridgehead atoms. The number of carbonyl (C=O) groups excluding carboxylic acids is 1. The van der Waals surface area contributed by atoms with E-state index in [-0.39, 0.29) is 5.91 Å². The molecule has 0 saturated heterocycles. The van der Waals surface area contributed by atoms with Gasteiger partial charge in [0.25, 0.3) is 0 Å². The van der Waals surface area contributed by atoms with Gasteiger partial charge in [-0.05, 0) is 24.6 Å². The predicted octanol–water partition coefficient (Wildman–Crippen LogP) is 3.95. The summed E-state index contributed by atoms with van der Waals surface area (Å²) in [5, 5.41) is 5.51. The number of amides is 1. The third-order valence-electron chi connectivity index (χ3n) is 4.60. The smallest absolute Gasteiger partial charge is 0.222 e. The summed E-state index contributed by atoms with van der Waals surface area (Å²) in [7, 11) is 1.82. The predicted molar refractivity (Wildman–Crippen MR) is 113 cm³/mol. The van der Waals surface area contributed by atoms with Gasteiger partial charge in [-0.25, -0.2) is 0 Å². The number of benzene rings is 2. The number of rotatable bonds is 8. The first-order valence-corrected chi connectivity index (χ1v) is 9.75. The Kier molecular flexibility index (Phi) is 6.85. The largest absolute Gasteiger partial charge is 0.341 e. The molecule has 1 amide bonds. The van der Waals surface area contributed by atoms with Crippen LogP contribution in [0.3, 0.4) is 0 Å². The number of nitrogens with two attached hydrogens (primary N) is 1. The van der Waals surface area contributed by atoms with Crippen molar-refractivity contribution in [3.05, 3.63) is 76.9 Å². The van der Waals surface area contributed by atoms with E-state index in [9.17, 15) is 4.79 Å². The Morgan fingerprint density at radius 1 is 1.11 bits per heavy atom. The minimum absolute atomic E-state index is 0.0864. The van der Waals surface area contributed by atoms with Crippen LogP contribution in [0.2, 0.25) is 5.02 Å². The van der Waals surface area contributed by atoms with Crippen molar-refractivity contribution in [3.63, 3.8) is 0 Å². The first kappa shape index (κ1) is 20.1. The summed E-state index contributed by atoms with van der Waals surface area (Å²) in [6.45, 7) is 1.59. The zero-order chi connectivity index (χ0) is 19.9. The fraction of sp³-hybridized carbons (Fsp3) is 0.273. The summed E-state index contributed by atoms with van der Waals surface area (Å²) in [6, 6.07) is 17.8. The van der Waals surface area contributed by atoms with Crippen LogP contribution in [-0.4, -0.2) is 34.2 Å². The fourth-order valence-corrected chi connectivity index (χ4v) is 3.28. The Bertz CT molecular complexity index is 923. The molecule has 28 heavy (non-hydrogen) atoms. The first-order valence-electron chi connectivity index (χ1n) is 9.37. The van der Waals surface area contributed by atoms with Gasteiger partial charge < -0.3 is 10.6 Å². The molecule has 0 atom stereocenters. The standard InChI is InChI=1S/C22H25ClN4O/c1-26(21(28)12-7-13-24)14-19-16-27(15-18-10-5-6-11-20(18)23)25-22(19)17-8-3-2-4-9-17/h2-6,8-11,16H,7,12-15,24H2,1H3. The minimum Gasteiger partial charge on any atom is -0.341 e. The number of halogens is 1. The molecule has 0 unspecified atom stereocenters. The zero-order valence-electron chi connectivity index (χ0n) is 16.0. The van der Waals surface area contributed by atoms with Gasteiger partial charge in [-0.1, -0.05) is 60.1 Å². The van der Waals surface area contributed by atoms with Crippen molar-refractivity contribution in [3.8, 4) is 11.3 Å². The number of hydrogen-bond acceptors (Lipinski definition) is 3. The molecule has 2 N–H and O–H groups in total. The lowest BCUT2D eigenvalue weighted by Gasteiger charge is -2.17. The molecule has 0 aliphatic heterocycles. The second kappa shape index (κ2) is 9.53. The van der Waals surface area contributed by atoms with Crippen molar-refractivity contribution in [1.29, 1.82) is 0 Å². The van der Waals surface area contributed by atoms with Gasteiger partial charge in [0.15, 0.2) is 0 Å². The Morgan fingerprint density at radius 3 is 2.54 bits per heavy atom. The number of aromatic nitrogens is 2. The van der Waals surface area contributed by atoms with E-state index in [1.165, 1.54) is 0 Å². The molecule has 0 radical (unpaired) electrons. The van der Waals surface area contributed by atoms with E-state index in [1.54, 1.807) is 4.90 Å². The molecule has 146 valence electrons. The Labute approximate surface area is 170 Å². The van der Waals surface area contributed by atoms with Gasteiger partial charge in [-0.2, -0.15) is 5.10 Å². The molecule has 1 heterocycles. The maximum absolute atomic E-state index is 12.3. The van der Waals surface area contributed by atoms with Crippen LogP contribution in [-0.2, 0) is 17.9 Å². The summed E-state index contributed by atoms with van der Waals surface area (Å²) in [6.07, 6.45) is 3.15. The highest BCUT2D eigenvalue weighted by atomic mass is 35.5. The molecule has 0 aliphatic rings. The zero-order valence-corrected chi connectivity index (χ0v) is 16.8. The highest BCUT2D eigenvalue weighted by Crippen LogP contribution is 2.24. The lowest BCUT2D eigenvalue weighted by Crippen LogP contribution is -2.26. The van der Waals surface area contributed by atoms with E-state index in [2.05, 4.69) is 0 Å². The van der Waals surface area contributed by atoms with Gasteiger partial charge in [-0.15, -0.1) is 0 Å². The van der Waals surface area contributed by atoms with Crippen LogP contribution in [0.4, 0.5) is 0 Å². The second-order valence-corrected chi connectivity index (χ2v) is 7.21. The highest BCUT2D eigenvalue weighted by molar-refractivity contribution is 6.31. The van der Waals surface area contributed by atoms with Gasteiger partial charge in [0.1, 0.15) is 0 Å². The van der Waals surface area contributed by atoms with Crippen molar-refractivity contribution in [2.75, 3.05) is 13.6 Å². The second-order valence-electron chi connectivity index (χ2n) is 6.80. The summed E-state index contributed by atoms with van der Waals surface area (Å²) in [5.41, 5.74) is 9.44. The molecule has 6 heteroatoms. The summed E-state index contributed by atoms with van der Waals surface area (Å²) in [5.74, 6) is 0.0864. The highest BCUT2D eigenvalue weighted by Gasteiger charge is 2.16. The number of hydrogen-bond donors (Lipinski definition) is 1. The maximum atomic E-state index is 12.3. The number of carbonyl (C=O) groups is 1. The normalized spacial score (nSPS) is 10.8. The van der Waals surface area contributed by atoms with Crippen LogP contribution < -0.4 is 5.73 Å². The number of nitrogens with zero attached hydrogens (tertiary/aromatic N) is 3. The Morgan fingerprint density at radius 2 is 1.82 bits per heavy atom. The van der Waals surface area contributed by atoms with Gasteiger partial charge >= 0.3 is 0 Å². The van der Waals surface area contributed by atoms with Crippen molar-refractivity contribution in [1.82, 2.24) is 14.7 Å². The van der Waals surface area contributed by atoms with E-state index in [4.69, 9.17) is 22.4 Å². The first-order chi connectivity index (χ1) is 13.6. The third kappa shape index (κ3) is 5.00. The van der Waals surface area contributed by atoms with Crippen molar-refractivity contribution < 1.29 is 4.79 Å². The molecule has 3 aromatic rings. The van der Waals surface area contributed by atoms with E-state index in [1.807, 2.05) is 72.5 Å². The minimum atomic E-state index is 0.0864. The van der Waals surface area contributed by atoms with Gasteiger partial charge in [0.05, 0.1) is 12.2 Å². The van der Waals surface area contributed by atoms with E-state index < -0.39 is 0 Å². The summed E-state index contributed by atoms with van der Waals surface area (Å²) in [4.78, 5) is 14.1. The molecule has 0 aliphatic carbocycles. The van der Waals surface area contributed by atoms with Crippen LogP contribution in [0.5, 0.6) is 0 Å². The molecule has 2 aromatic carbocycles. The average molecular weight is 397 g/mol. The lowest BCUT2D eigenvalue weighted by molar-refractivity contribution is -0.130. The van der Waals surface area contributed by atoms with Gasteiger partial charge in [0, 0.05) is 42.4 Å².